The number of carbonyl (C=O) groups is 1. The van der Waals surface area contributed by atoms with Crippen molar-refractivity contribution >= 4 is 17.5 Å². The minimum Gasteiger partial charge on any atom is -0.299 e. The summed E-state index contributed by atoms with van der Waals surface area (Å²) in [4.78, 5) is 11.6. The van der Waals surface area contributed by atoms with E-state index in [9.17, 15) is 4.79 Å². The van der Waals surface area contributed by atoms with Crippen LogP contribution < -0.4 is 0 Å². The zero-order chi connectivity index (χ0) is 8.39. The van der Waals surface area contributed by atoms with Crippen molar-refractivity contribution in [1.29, 1.82) is 0 Å². The monoisotopic (exact) mass is 184 g/mol. The van der Waals surface area contributed by atoms with Crippen LogP contribution in [-0.4, -0.2) is 17.3 Å². The minimum atomic E-state index is 0.426. The topological polar surface area (TPSA) is 17.1 Å². The second-order valence-corrected chi connectivity index (χ2v) is 5.18. The SMILES string of the molecule is O=C(CC1CCC1)C1CCSC1. The van der Waals surface area contributed by atoms with E-state index in [1.807, 2.05) is 11.8 Å². The van der Waals surface area contributed by atoms with Gasteiger partial charge in [-0.05, 0) is 18.1 Å². The molecular formula is C10H16OS. The lowest BCUT2D eigenvalue weighted by Crippen LogP contribution is -2.21. The van der Waals surface area contributed by atoms with E-state index in [1.165, 1.54) is 25.0 Å². The minimum absolute atomic E-state index is 0.426. The maximum Gasteiger partial charge on any atom is 0.137 e. The summed E-state index contributed by atoms with van der Waals surface area (Å²) < 4.78 is 0. The van der Waals surface area contributed by atoms with E-state index < -0.39 is 0 Å². The van der Waals surface area contributed by atoms with E-state index in [0.717, 1.165) is 24.5 Å². The predicted octanol–water partition coefficient (Wildman–Crippen LogP) is 2.50. The molecule has 1 saturated heterocycles. The van der Waals surface area contributed by atoms with Crippen LogP contribution in [0.25, 0.3) is 0 Å². The van der Waals surface area contributed by atoms with E-state index in [-0.39, 0.29) is 0 Å². The lowest BCUT2D eigenvalue weighted by molar-refractivity contribution is -0.123. The highest BCUT2D eigenvalue weighted by Gasteiger charge is 2.27. The van der Waals surface area contributed by atoms with Gasteiger partial charge in [0.1, 0.15) is 5.78 Å². The number of hydrogen-bond donors (Lipinski definition) is 0. The molecule has 2 heteroatoms. The molecule has 0 amide bonds. The lowest BCUT2D eigenvalue weighted by atomic mass is 9.80. The predicted molar refractivity (Wildman–Crippen MR) is 52.4 cm³/mol. The number of rotatable bonds is 3. The van der Waals surface area contributed by atoms with Crippen LogP contribution in [0.4, 0.5) is 0 Å². The molecule has 1 aliphatic heterocycles. The zero-order valence-corrected chi connectivity index (χ0v) is 8.24. The number of carbonyl (C=O) groups excluding carboxylic acids is 1. The van der Waals surface area contributed by atoms with Crippen molar-refractivity contribution in [2.45, 2.75) is 32.1 Å². The summed E-state index contributed by atoms with van der Waals surface area (Å²) in [5, 5.41) is 0. The Morgan fingerprint density at radius 2 is 2.17 bits per heavy atom. The second kappa shape index (κ2) is 3.82. The molecule has 1 saturated carbocycles. The summed E-state index contributed by atoms with van der Waals surface area (Å²) in [7, 11) is 0. The standard InChI is InChI=1S/C10H16OS/c11-10(6-8-2-1-3-8)9-4-5-12-7-9/h8-9H,1-7H2. The highest BCUT2D eigenvalue weighted by Crippen LogP contribution is 2.33. The molecule has 2 rings (SSSR count). The fourth-order valence-electron chi connectivity index (χ4n) is 1.94. The third kappa shape index (κ3) is 1.85. The highest BCUT2D eigenvalue weighted by atomic mass is 32.2. The summed E-state index contributed by atoms with van der Waals surface area (Å²) in [5.74, 6) is 4.07. The van der Waals surface area contributed by atoms with Crippen LogP contribution in [0.15, 0.2) is 0 Å². The molecule has 1 unspecified atom stereocenters. The van der Waals surface area contributed by atoms with Gasteiger partial charge in [0, 0.05) is 18.1 Å². The highest BCUT2D eigenvalue weighted by molar-refractivity contribution is 7.99. The van der Waals surface area contributed by atoms with Gasteiger partial charge < -0.3 is 0 Å². The Hall–Kier alpha value is 0.0200. The van der Waals surface area contributed by atoms with Crippen LogP contribution in [0, 0.1) is 11.8 Å². The number of ketones is 1. The van der Waals surface area contributed by atoms with Gasteiger partial charge in [-0.15, -0.1) is 0 Å². The average Bonchev–Trinajstić information content (AvgIpc) is 2.47. The Morgan fingerprint density at radius 1 is 1.33 bits per heavy atom. The van der Waals surface area contributed by atoms with Gasteiger partial charge in [-0.2, -0.15) is 11.8 Å². The van der Waals surface area contributed by atoms with Gasteiger partial charge in [0.2, 0.25) is 0 Å². The summed E-state index contributed by atoms with van der Waals surface area (Å²) in [6.07, 6.45) is 6.02. The van der Waals surface area contributed by atoms with Crippen molar-refractivity contribution in [3.05, 3.63) is 0 Å². The van der Waals surface area contributed by atoms with Gasteiger partial charge in [-0.3, -0.25) is 4.79 Å². The molecule has 0 aromatic heterocycles. The Morgan fingerprint density at radius 3 is 2.67 bits per heavy atom. The third-order valence-corrected chi connectivity index (χ3v) is 4.26. The molecule has 12 heavy (non-hydrogen) atoms. The van der Waals surface area contributed by atoms with Crippen LogP contribution >= 0.6 is 11.8 Å². The molecular weight excluding hydrogens is 168 g/mol. The van der Waals surface area contributed by atoms with Crippen LogP contribution in [0.1, 0.15) is 32.1 Å². The Bertz CT molecular complexity index is 169. The van der Waals surface area contributed by atoms with Gasteiger partial charge in [0.05, 0.1) is 0 Å². The van der Waals surface area contributed by atoms with Crippen molar-refractivity contribution in [3.63, 3.8) is 0 Å². The van der Waals surface area contributed by atoms with Crippen molar-refractivity contribution in [1.82, 2.24) is 0 Å². The molecule has 0 bridgehead atoms. The second-order valence-electron chi connectivity index (χ2n) is 4.03. The fourth-order valence-corrected chi connectivity index (χ4v) is 3.19. The van der Waals surface area contributed by atoms with E-state index in [4.69, 9.17) is 0 Å². The largest absolute Gasteiger partial charge is 0.299 e. The maximum absolute atomic E-state index is 11.6. The molecule has 1 atom stereocenters. The molecule has 2 fully saturated rings. The van der Waals surface area contributed by atoms with Crippen LogP contribution in [0.2, 0.25) is 0 Å². The van der Waals surface area contributed by atoms with E-state index in [2.05, 4.69) is 0 Å². The molecule has 1 nitrogen and oxygen atoms in total. The maximum atomic E-state index is 11.6. The smallest absolute Gasteiger partial charge is 0.137 e. The molecule has 1 heterocycles. The van der Waals surface area contributed by atoms with E-state index >= 15 is 0 Å². The molecule has 0 N–H and O–H groups in total. The normalized spacial score (nSPS) is 30.2. The molecule has 2 aliphatic rings. The fraction of sp³-hybridized carbons (Fsp3) is 0.900. The quantitative estimate of drug-likeness (QED) is 0.670. The van der Waals surface area contributed by atoms with Gasteiger partial charge in [-0.1, -0.05) is 19.3 Å². The van der Waals surface area contributed by atoms with Gasteiger partial charge in [-0.25, -0.2) is 0 Å². The summed E-state index contributed by atoms with van der Waals surface area (Å²) in [5.41, 5.74) is 0. The molecule has 0 aromatic carbocycles. The first kappa shape index (κ1) is 8.61. The first-order valence-corrected chi connectivity index (χ1v) is 6.12. The molecule has 0 radical (unpaired) electrons. The third-order valence-electron chi connectivity index (χ3n) is 3.10. The molecule has 0 aromatic rings. The molecule has 0 spiro atoms. The van der Waals surface area contributed by atoms with Crippen molar-refractivity contribution in [2.24, 2.45) is 11.8 Å². The van der Waals surface area contributed by atoms with Gasteiger partial charge in [0.15, 0.2) is 0 Å². The number of thioether (sulfide) groups is 1. The first-order chi connectivity index (χ1) is 5.86. The van der Waals surface area contributed by atoms with Gasteiger partial charge >= 0.3 is 0 Å². The van der Waals surface area contributed by atoms with Crippen LogP contribution in [0.5, 0.6) is 0 Å². The van der Waals surface area contributed by atoms with Crippen molar-refractivity contribution in [2.75, 3.05) is 11.5 Å². The van der Waals surface area contributed by atoms with Crippen molar-refractivity contribution in [3.8, 4) is 0 Å². The van der Waals surface area contributed by atoms with Crippen molar-refractivity contribution < 1.29 is 4.79 Å². The van der Waals surface area contributed by atoms with E-state index in [1.54, 1.807) is 0 Å². The van der Waals surface area contributed by atoms with Gasteiger partial charge in [0.25, 0.3) is 0 Å². The summed E-state index contributed by atoms with van der Waals surface area (Å²) >= 11 is 1.94. The lowest BCUT2D eigenvalue weighted by Gasteiger charge is -2.25. The number of hydrogen-bond acceptors (Lipinski definition) is 2. The summed E-state index contributed by atoms with van der Waals surface area (Å²) in [6.45, 7) is 0. The zero-order valence-electron chi connectivity index (χ0n) is 7.42. The Kier molecular flexibility index (Phi) is 2.74. The molecule has 1 aliphatic carbocycles. The average molecular weight is 184 g/mol. The van der Waals surface area contributed by atoms with Crippen LogP contribution in [0.3, 0.4) is 0 Å². The van der Waals surface area contributed by atoms with E-state index in [0.29, 0.717) is 11.7 Å². The molecule has 68 valence electrons. The first-order valence-electron chi connectivity index (χ1n) is 4.96. The number of Topliss-reactive ketones (excluding diaryl/α,β-unsaturated/α-hetero) is 1. The Balaban J connectivity index is 1.74. The Labute approximate surface area is 78.3 Å². The summed E-state index contributed by atoms with van der Waals surface area (Å²) in [6, 6.07) is 0. The van der Waals surface area contributed by atoms with Crippen LogP contribution in [-0.2, 0) is 4.79 Å².